The Kier molecular flexibility index (Phi) is 5.81. The molecule has 1 amide bonds. The average Bonchev–Trinajstić information content (AvgIpc) is 3.25. The molecule has 0 aliphatic rings. The van der Waals surface area contributed by atoms with Crippen LogP contribution >= 0.6 is 15.9 Å². The van der Waals surface area contributed by atoms with Gasteiger partial charge in [0.15, 0.2) is 0 Å². The molecule has 35 heavy (non-hydrogen) atoms. The van der Waals surface area contributed by atoms with E-state index in [9.17, 15) is 18.0 Å². The number of benzene rings is 2. The molecule has 0 atom stereocenters. The smallest absolute Gasteiger partial charge is 0.355 e. The Morgan fingerprint density at radius 3 is 2.71 bits per heavy atom. The number of alkyl halides is 3. The number of amides is 1. The summed E-state index contributed by atoms with van der Waals surface area (Å²) < 4.78 is 42.5. The van der Waals surface area contributed by atoms with Crippen molar-refractivity contribution in [3.8, 4) is 0 Å². The third kappa shape index (κ3) is 4.78. The van der Waals surface area contributed by atoms with Crippen LogP contribution in [0.1, 0.15) is 21.7 Å². The van der Waals surface area contributed by atoms with Gasteiger partial charge in [-0.3, -0.25) is 9.20 Å². The highest BCUT2D eigenvalue weighted by Gasteiger charge is 2.33. The normalized spacial score (nSPS) is 12.0. The lowest BCUT2D eigenvalue weighted by molar-refractivity contribution is -0.140. The van der Waals surface area contributed by atoms with Crippen molar-refractivity contribution in [1.82, 2.24) is 14.4 Å². The molecule has 0 unspecified atom stereocenters. The molecular formula is C25H15BrF3N5O. The number of aromatic nitrogens is 3. The van der Waals surface area contributed by atoms with E-state index in [4.69, 9.17) is 0 Å². The second-order valence-corrected chi connectivity index (χ2v) is 8.52. The fourth-order valence-electron chi connectivity index (χ4n) is 3.59. The second-order valence-electron chi connectivity index (χ2n) is 7.60. The number of pyridine rings is 2. The Morgan fingerprint density at radius 1 is 1.06 bits per heavy atom. The van der Waals surface area contributed by atoms with Gasteiger partial charge in [-0.25, -0.2) is 15.0 Å². The van der Waals surface area contributed by atoms with Crippen LogP contribution in [0.25, 0.3) is 16.6 Å². The van der Waals surface area contributed by atoms with E-state index in [2.05, 4.69) is 36.2 Å². The van der Waals surface area contributed by atoms with E-state index >= 15 is 0 Å². The monoisotopic (exact) mass is 537 g/mol. The molecule has 1 N–H and O–H groups in total. The van der Waals surface area contributed by atoms with Crippen LogP contribution in [0.2, 0.25) is 0 Å². The van der Waals surface area contributed by atoms with Crippen molar-refractivity contribution in [2.45, 2.75) is 6.18 Å². The standard InChI is InChI=1S/C25H15BrF3N5O/c26-16-8-9-23-30-13-21(34(23)14-16)24(35)31-12-15-4-3-5-17(10-15)32-20-11-22(25(27,28)29)33-19-7-2-1-6-18(19)20/h1-14H,(H,32,33). The van der Waals surface area contributed by atoms with Gasteiger partial charge in [-0.2, -0.15) is 13.2 Å². The minimum atomic E-state index is -4.58. The molecule has 0 aliphatic carbocycles. The number of hydrogen-bond donors (Lipinski definition) is 1. The van der Waals surface area contributed by atoms with Crippen molar-refractivity contribution in [3.63, 3.8) is 0 Å². The first-order valence-corrected chi connectivity index (χ1v) is 11.1. The van der Waals surface area contributed by atoms with E-state index in [0.717, 1.165) is 10.5 Å². The third-order valence-electron chi connectivity index (χ3n) is 5.19. The largest absolute Gasteiger partial charge is 0.433 e. The van der Waals surface area contributed by atoms with Crippen LogP contribution in [0.4, 0.5) is 24.5 Å². The maximum absolute atomic E-state index is 13.4. The van der Waals surface area contributed by atoms with Crippen LogP contribution in [0.5, 0.6) is 0 Å². The highest BCUT2D eigenvalue weighted by molar-refractivity contribution is 9.10. The number of halogens is 4. The lowest BCUT2D eigenvalue weighted by Crippen LogP contribution is -2.09. The van der Waals surface area contributed by atoms with E-state index in [0.29, 0.717) is 28.0 Å². The maximum atomic E-state index is 13.4. The topological polar surface area (TPSA) is 71.7 Å². The Bertz CT molecular complexity index is 1610. The number of imidazole rings is 1. The maximum Gasteiger partial charge on any atom is 0.433 e. The minimum Gasteiger partial charge on any atom is -0.355 e. The quantitative estimate of drug-likeness (QED) is 0.260. The summed E-state index contributed by atoms with van der Waals surface area (Å²) in [6, 6.07) is 18.0. The summed E-state index contributed by atoms with van der Waals surface area (Å²) in [5.74, 6) is -0.482. The van der Waals surface area contributed by atoms with Crippen molar-refractivity contribution >= 4 is 56.0 Å². The lowest BCUT2D eigenvalue weighted by Gasteiger charge is -2.14. The molecule has 3 aromatic heterocycles. The van der Waals surface area contributed by atoms with Crippen LogP contribution in [0, 0.1) is 0 Å². The molecule has 5 aromatic rings. The van der Waals surface area contributed by atoms with Gasteiger partial charge in [0.2, 0.25) is 0 Å². The number of para-hydroxylation sites is 1. The molecule has 0 bridgehead atoms. The Morgan fingerprint density at radius 2 is 1.89 bits per heavy atom. The van der Waals surface area contributed by atoms with Crippen LogP contribution in [-0.4, -0.2) is 26.5 Å². The van der Waals surface area contributed by atoms with Gasteiger partial charge < -0.3 is 5.32 Å². The molecule has 0 fully saturated rings. The fraction of sp³-hybridized carbons (Fsp3) is 0.0400. The molecule has 0 radical (unpaired) electrons. The number of carbonyl (C=O) groups excluding carboxylic acids is 1. The molecule has 3 heterocycles. The second kappa shape index (κ2) is 8.95. The van der Waals surface area contributed by atoms with E-state index < -0.39 is 17.8 Å². The molecule has 0 aliphatic heterocycles. The molecule has 6 nitrogen and oxygen atoms in total. The van der Waals surface area contributed by atoms with Gasteiger partial charge in [0.1, 0.15) is 17.0 Å². The number of fused-ring (bicyclic) bond motifs is 2. The summed E-state index contributed by atoms with van der Waals surface area (Å²) in [5, 5.41) is 3.59. The number of aliphatic imine (C=N–C) groups is 1. The first-order valence-electron chi connectivity index (χ1n) is 10.3. The van der Waals surface area contributed by atoms with Gasteiger partial charge in [0.25, 0.3) is 5.91 Å². The predicted octanol–water partition coefficient (Wildman–Crippen LogP) is 6.67. The third-order valence-corrected chi connectivity index (χ3v) is 5.66. The zero-order valence-electron chi connectivity index (χ0n) is 17.8. The Labute approximate surface area is 205 Å². The minimum absolute atomic E-state index is 0.229. The van der Waals surface area contributed by atoms with Gasteiger partial charge in [0.05, 0.1) is 17.4 Å². The van der Waals surface area contributed by atoms with Gasteiger partial charge in [-0.1, -0.05) is 30.3 Å². The number of rotatable bonds is 4. The summed E-state index contributed by atoms with van der Waals surface area (Å²) in [6.07, 6.45) is -0.00444. The van der Waals surface area contributed by atoms with E-state index in [-0.39, 0.29) is 11.2 Å². The molecule has 2 aromatic carbocycles. The van der Waals surface area contributed by atoms with Crippen molar-refractivity contribution in [1.29, 1.82) is 0 Å². The van der Waals surface area contributed by atoms with Crippen LogP contribution in [0.15, 0.2) is 88.6 Å². The predicted molar refractivity (Wildman–Crippen MR) is 131 cm³/mol. The molecule has 0 spiro atoms. The number of nitrogens with zero attached hydrogens (tertiary/aromatic N) is 4. The first kappa shape index (κ1) is 22.7. The number of anilines is 2. The van der Waals surface area contributed by atoms with Crippen molar-refractivity contribution in [2.24, 2.45) is 4.99 Å². The summed E-state index contributed by atoms with van der Waals surface area (Å²) in [4.78, 5) is 24.6. The molecule has 0 saturated carbocycles. The molecular weight excluding hydrogens is 523 g/mol. The van der Waals surface area contributed by atoms with Crippen molar-refractivity contribution in [2.75, 3.05) is 5.32 Å². The Hall–Kier alpha value is -4.05. The zero-order valence-corrected chi connectivity index (χ0v) is 19.4. The highest BCUT2D eigenvalue weighted by Crippen LogP contribution is 2.34. The van der Waals surface area contributed by atoms with E-state index in [1.165, 1.54) is 18.5 Å². The summed E-state index contributed by atoms with van der Waals surface area (Å²) >= 11 is 3.37. The SMILES string of the molecule is O=C(N=Cc1cccc(Nc2cc(C(F)(F)F)nc3ccccc23)c1)c1cnc2ccc(Br)cn12. The summed E-state index contributed by atoms with van der Waals surface area (Å²) in [7, 11) is 0. The summed E-state index contributed by atoms with van der Waals surface area (Å²) in [5.41, 5.74) is 1.55. The Balaban J connectivity index is 1.43. The van der Waals surface area contributed by atoms with Gasteiger partial charge in [0, 0.05) is 28.0 Å². The van der Waals surface area contributed by atoms with Crippen LogP contribution in [-0.2, 0) is 6.18 Å². The summed E-state index contributed by atoms with van der Waals surface area (Å²) in [6.45, 7) is 0. The van der Waals surface area contributed by atoms with Crippen molar-refractivity contribution < 1.29 is 18.0 Å². The number of carbonyl (C=O) groups is 1. The van der Waals surface area contributed by atoms with Crippen molar-refractivity contribution in [3.05, 3.63) is 101 Å². The van der Waals surface area contributed by atoms with E-state index in [1.807, 2.05) is 6.07 Å². The molecule has 10 heteroatoms. The van der Waals surface area contributed by atoms with Crippen LogP contribution in [0.3, 0.4) is 0 Å². The number of hydrogen-bond acceptors (Lipinski definition) is 4. The molecule has 5 rings (SSSR count). The first-order chi connectivity index (χ1) is 16.8. The molecule has 174 valence electrons. The van der Waals surface area contributed by atoms with Gasteiger partial charge >= 0.3 is 6.18 Å². The van der Waals surface area contributed by atoms with Crippen LogP contribution < -0.4 is 5.32 Å². The number of nitrogens with one attached hydrogen (secondary N) is 1. The zero-order chi connectivity index (χ0) is 24.6. The van der Waals surface area contributed by atoms with Gasteiger partial charge in [-0.05, 0) is 57.9 Å². The fourth-order valence-corrected chi connectivity index (χ4v) is 3.93. The lowest BCUT2D eigenvalue weighted by atomic mass is 10.1. The van der Waals surface area contributed by atoms with E-state index in [1.54, 1.807) is 59.1 Å². The molecule has 0 saturated heterocycles. The average molecular weight is 538 g/mol. The highest BCUT2D eigenvalue weighted by atomic mass is 79.9. The van der Waals surface area contributed by atoms with Gasteiger partial charge in [-0.15, -0.1) is 0 Å².